The van der Waals surface area contributed by atoms with E-state index < -0.39 is 0 Å². The monoisotopic (exact) mass is 1700 g/mol. The van der Waals surface area contributed by atoms with Crippen LogP contribution in [0.2, 0.25) is 0 Å². The third kappa shape index (κ3) is 16.8. The van der Waals surface area contributed by atoms with Crippen LogP contribution < -0.4 is 20.1 Å². The minimum absolute atomic E-state index is 0.174. The summed E-state index contributed by atoms with van der Waals surface area (Å²) in [5, 5.41) is 42.1. The molecule has 18 aromatic carbocycles. The molecule has 0 bridgehead atoms. The zero-order valence-electron chi connectivity index (χ0n) is 71.8. The van der Waals surface area contributed by atoms with Crippen molar-refractivity contribution in [2.45, 2.75) is 18.8 Å². The molecule has 21 aromatic rings. The third-order valence-electron chi connectivity index (χ3n) is 24.5. The van der Waals surface area contributed by atoms with Gasteiger partial charge in [0.1, 0.15) is 38.8 Å². The molecule has 1 unspecified atom stereocenters. The Morgan fingerprint density at radius 2 is 0.576 bits per heavy atom. The number of para-hydroxylation sites is 3. The Hall–Kier alpha value is -17.8. The maximum Gasteiger partial charge on any atom is 0.121 e. The Kier molecular flexibility index (Phi) is 21.8. The summed E-state index contributed by atoms with van der Waals surface area (Å²) >= 11 is 0. The van der Waals surface area contributed by atoms with Gasteiger partial charge in [-0.2, -0.15) is 19.5 Å². The zero-order valence-corrected chi connectivity index (χ0v) is 71.8. The van der Waals surface area contributed by atoms with Gasteiger partial charge in [0, 0.05) is 62.7 Å². The fourth-order valence-corrected chi connectivity index (χ4v) is 17.6. The Balaban J connectivity index is 0.439. The van der Waals surface area contributed by atoms with Crippen LogP contribution in [0.4, 0.5) is 56.9 Å². The molecule has 0 amide bonds. The van der Waals surface area contributed by atoms with Crippen molar-refractivity contribution in [3.05, 3.63) is 490 Å². The second-order valence-corrected chi connectivity index (χ2v) is 32.8. The summed E-state index contributed by atoms with van der Waals surface area (Å²) in [6.07, 6.45) is 9.12. The van der Waals surface area contributed by atoms with E-state index in [1.165, 1.54) is 22.3 Å². The number of benzene rings is 18. The molecule has 15 heteroatoms. The number of hydrazone groups is 1. The molecule has 0 fully saturated rings. The second kappa shape index (κ2) is 35.9. The van der Waals surface area contributed by atoms with E-state index in [4.69, 9.17) is 36.0 Å². The molecule has 22 rings (SSSR count). The van der Waals surface area contributed by atoms with Gasteiger partial charge in [-0.25, -0.2) is 0 Å². The molecular weight excluding hydrogens is 1620 g/mol. The lowest BCUT2D eigenvalue weighted by Gasteiger charge is -2.26. The molecule has 0 radical (unpaired) electrons. The lowest BCUT2D eigenvalue weighted by Crippen LogP contribution is -2.11. The van der Waals surface area contributed by atoms with Crippen LogP contribution in [-0.2, 0) is 6.42 Å². The van der Waals surface area contributed by atoms with Gasteiger partial charge in [-0.1, -0.05) is 273 Å². The molecule has 132 heavy (non-hydrogen) atoms. The summed E-state index contributed by atoms with van der Waals surface area (Å²) in [4.78, 5) is 12.0. The van der Waals surface area contributed by atoms with Crippen molar-refractivity contribution >= 4 is 101 Å². The summed E-state index contributed by atoms with van der Waals surface area (Å²) in [6.45, 7) is 0. The summed E-state index contributed by atoms with van der Waals surface area (Å²) in [7, 11) is 0. The summed E-state index contributed by atoms with van der Waals surface area (Å²) in [6, 6.07) is 158. The van der Waals surface area contributed by atoms with E-state index in [1.54, 1.807) is 20.5 Å². The average molecular weight is 1700 g/mol. The van der Waals surface area contributed by atoms with Crippen LogP contribution in [0.3, 0.4) is 0 Å². The SMILES string of the molecule is N=C1C=CC=C/C1=N/Nc1ccc(-c2ccc(N(c3ccccc3)c3ccc(-c4ccc(-c5ccc(N(c6ccccc6)c6ccc(-c7ccc(-n8nc9cccc(-c%10ccc%11nn(-c%12ccc(C(CCc%13ccc(-c%14ccc(N(c%15ccccc%15)c%15ccc(-n%16nc%17ccccc%17n%16)cc%15)cc%14)cc%13)c%13ccccc%13)cc%12)nc%11c%10)c9n8)cc7)cc6)cc5)cc4)cc3)cc2)cc1. The van der Waals surface area contributed by atoms with Crippen LogP contribution in [0, 0.1) is 5.41 Å². The quantitative estimate of drug-likeness (QED) is 0.0418. The molecule has 3 heterocycles. The molecule has 0 saturated heterocycles. The highest BCUT2D eigenvalue weighted by Gasteiger charge is 2.22. The minimum atomic E-state index is 0.174. The van der Waals surface area contributed by atoms with Gasteiger partial charge in [0.25, 0.3) is 0 Å². The van der Waals surface area contributed by atoms with E-state index in [2.05, 4.69) is 420 Å². The van der Waals surface area contributed by atoms with Gasteiger partial charge < -0.3 is 14.7 Å². The van der Waals surface area contributed by atoms with Crippen molar-refractivity contribution in [1.82, 2.24) is 45.0 Å². The molecule has 0 aliphatic heterocycles. The smallest absolute Gasteiger partial charge is 0.121 e. The van der Waals surface area contributed by atoms with Crippen molar-refractivity contribution in [2.75, 3.05) is 20.1 Å². The molecular formula is C117H85N15. The Bertz CT molecular complexity index is 7730. The predicted molar refractivity (Wildman–Crippen MR) is 540 cm³/mol. The van der Waals surface area contributed by atoms with Crippen LogP contribution >= 0.6 is 0 Å². The van der Waals surface area contributed by atoms with Gasteiger partial charge in [-0.3, -0.25) is 10.8 Å². The molecule has 628 valence electrons. The average Bonchev–Trinajstić information content (AvgIpc) is 1.60. The highest BCUT2D eigenvalue weighted by atomic mass is 15.5. The molecule has 2 N–H and O–H groups in total. The molecule has 1 aliphatic rings. The molecule has 0 saturated carbocycles. The van der Waals surface area contributed by atoms with Crippen LogP contribution in [-0.4, -0.2) is 56.4 Å². The molecule has 1 aliphatic carbocycles. The first kappa shape index (κ1) is 80.0. The van der Waals surface area contributed by atoms with Gasteiger partial charge in [0.2, 0.25) is 0 Å². The number of allylic oxidation sites excluding steroid dienone is 4. The van der Waals surface area contributed by atoms with Crippen molar-refractivity contribution in [3.63, 3.8) is 0 Å². The van der Waals surface area contributed by atoms with E-state index in [9.17, 15) is 0 Å². The second-order valence-electron chi connectivity index (χ2n) is 32.8. The lowest BCUT2D eigenvalue weighted by molar-refractivity contribution is 0.713. The van der Waals surface area contributed by atoms with E-state index in [1.807, 2.05) is 72.8 Å². The van der Waals surface area contributed by atoms with Crippen molar-refractivity contribution < 1.29 is 0 Å². The highest BCUT2D eigenvalue weighted by molar-refractivity contribution is 6.50. The Labute approximate surface area is 764 Å². The van der Waals surface area contributed by atoms with Crippen molar-refractivity contribution in [3.8, 4) is 83.8 Å². The standard InChI is InChI=1S/C117H85N15/c118-110-27-13-14-28-111(110)120-119-95-58-41-85(42-59-95)89-49-66-101(67-50-89)127(96-20-7-2-8-21-96)99-62-45-87(46-63-99)83-37-39-84(40-38-83)88-47-64-100(65-48-88)128(97-22-9-3-10-23-97)102-68-51-90(52-69-102)91-53-70-106(71-54-91)132-124-115-31-17-26-109(117(115)126-132)94-57-79-114-116(80-94)125-131(123-114)105-72-55-93(56-73-105)108(92-18-5-1-6-19-92)78-34-81-32-35-82(36-33-81)86-43-60-103(61-44-86)129(98-24-11-4-12-25-98)104-74-76-107(77-75-104)130-121-112-29-15-16-30-113(112)122-130/h1-33,35-77,79-80,108,118-119H,34,78H2/b118-110?,120-111-. The molecule has 3 aromatic heterocycles. The molecule has 1 atom stereocenters. The van der Waals surface area contributed by atoms with Crippen LogP contribution in [0.5, 0.6) is 0 Å². The van der Waals surface area contributed by atoms with Crippen LogP contribution in [0.15, 0.2) is 478 Å². The number of nitrogens with zero attached hydrogens (tertiary/aromatic N) is 13. The van der Waals surface area contributed by atoms with Gasteiger partial charge in [0.15, 0.2) is 0 Å². The number of fused-ring (bicyclic) bond motifs is 3. The number of nitrogens with one attached hydrogen (secondary N) is 2. The Morgan fingerprint density at radius 3 is 1.02 bits per heavy atom. The van der Waals surface area contributed by atoms with Crippen molar-refractivity contribution in [2.24, 2.45) is 5.10 Å². The minimum Gasteiger partial charge on any atom is -0.311 e. The largest absolute Gasteiger partial charge is 0.311 e. The number of rotatable bonds is 25. The number of aromatic nitrogens is 9. The number of hydrogen-bond donors (Lipinski definition) is 2. The fourth-order valence-electron chi connectivity index (χ4n) is 17.6. The van der Waals surface area contributed by atoms with Crippen LogP contribution in [0.25, 0.3) is 117 Å². The lowest BCUT2D eigenvalue weighted by atomic mass is 9.86. The van der Waals surface area contributed by atoms with Gasteiger partial charge in [-0.05, 0) is 291 Å². The van der Waals surface area contributed by atoms with E-state index in [0.29, 0.717) is 11.4 Å². The third-order valence-corrected chi connectivity index (χ3v) is 24.5. The normalized spacial score (nSPS) is 12.4. The Morgan fingerprint density at radius 1 is 0.265 bits per heavy atom. The summed E-state index contributed by atoms with van der Waals surface area (Å²) < 4.78 is 0. The number of hydrogen-bond acceptors (Lipinski definition) is 12. The first-order chi connectivity index (χ1) is 65.3. The number of aryl methyl sites for hydroxylation is 1. The molecule has 15 nitrogen and oxygen atoms in total. The van der Waals surface area contributed by atoms with E-state index >= 15 is 0 Å². The predicted octanol–water partition coefficient (Wildman–Crippen LogP) is 29.0. The summed E-state index contributed by atoms with van der Waals surface area (Å²) in [5.41, 5.74) is 39.0. The van der Waals surface area contributed by atoms with Crippen LogP contribution in [0.1, 0.15) is 29.0 Å². The maximum absolute atomic E-state index is 8.12. The van der Waals surface area contributed by atoms with Gasteiger partial charge in [0.05, 0.1) is 28.5 Å². The zero-order chi connectivity index (χ0) is 88.1. The fraction of sp³-hybridized carbons (Fsp3) is 0.0256. The van der Waals surface area contributed by atoms with Gasteiger partial charge in [-0.15, -0.1) is 30.6 Å². The van der Waals surface area contributed by atoms with E-state index in [0.717, 1.165) is 181 Å². The topological polar surface area (TPSA) is 150 Å². The molecule has 0 spiro atoms. The first-order valence-electron chi connectivity index (χ1n) is 44.3. The van der Waals surface area contributed by atoms with Gasteiger partial charge >= 0.3 is 0 Å². The maximum atomic E-state index is 8.12. The summed E-state index contributed by atoms with van der Waals surface area (Å²) in [5.74, 6) is 0.174. The first-order valence-corrected chi connectivity index (χ1v) is 44.3. The van der Waals surface area contributed by atoms with E-state index in [-0.39, 0.29) is 5.92 Å². The number of anilines is 10. The highest BCUT2D eigenvalue weighted by Crippen LogP contribution is 2.43. The van der Waals surface area contributed by atoms with Crippen molar-refractivity contribution in [1.29, 1.82) is 5.41 Å².